The number of aromatic nitrogens is 1. The first kappa shape index (κ1) is 39.2. The van der Waals surface area contributed by atoms with E-state index in [2.05, 4.69) is 228 Å². The summed E-state index contributed by atoms with van der Waals surface area (Å²) >= 11 is 0. The number of para-hydroxylation sites is 4. The molecule has 3 heteroatoms. The van der Waals surface area contributed by atoms with Gasteiger partial charge in [-0.3, -0.25) is 0 Å². The van der Waals surface area contributed by atoms with E-state index < -0.39 is 0 Å². The van der Waals surface area contributed by atoms with Crippen LogP contribution in [0.25, 0.3) is 93.6 Å². The largest absolute Gasteiger partial charge is 0.456 e. The Kier molecular flexibility index (Phi) is 9.60. The van der Waals surface area contributed by atoms with Crippen LogP contribution in [-0.2, 0) is 0 Å². The fourth-order valence-corrected chi connectivity index (χ4v) is 11.4. The van der Waals surface area contributed by atoms with Gasteiger partial charge < -0.3 is 13.9 Å². The van der Waals surface area contributed by atoms with Crippen LogP contribution in [0.1, 0.15) is 43.6 Å². The van der Waals surface area contributed by atoms with E-state index in [9.17, 15) is 0 Å². The van der Waals surface area contributed by atoms with Gasteiger partial charge in [0.05, 0.1) is 16.7 Å². The molecule has 1 fully saturated rings. The Labute approximate surface area is 390 Å². The van der Waals surface area contributed by atoms with Crippen LogP contribution in [0, 0.1) is 0 Å². The van der Waals surface area contributed by atoms with Crippen molar-refractivity contribution in [2.75, 3.05) is 4.90 Å². The van der Waals surface area contributed by atoms with Crippen molar-refractivity contribution in [1.29, 1.82) is 0 Å². The highest BCUT2D eigenvalue weighted by Gasteiger charge is 2.24. The van der Waals surface area contributed by atoms with E-state index in [0.717, 1.165) is 55.8 Å². The molecule has 1 aliphatic carbocycles. The molecule has 2 aromatic heterocycles. The molecule has 0 radical (unpaired) electrons. The van der Waals surface area contributed by atoms with E-state index in [0.29, 0.717) is 5.92 Å². The molecule has 2 heterocycles. The summed E-state index contributed by atoms with van der Waals surface area (Å²) in [6.45, 7) is 0. The number of anilines is 3. The van der Waals surface area contributed by atoms with Gasteiger partial charge in [0, 0.05) is 44.2 Å². The Bertz CT molecular complexity index is 3790. The lowest BCUT2D eigenvalue weighted by Crippen LogP contribution is -2.11. The first-order valence-electron chi connectivity index (χ1n) is 23.9. The zero-order chi connectivity index (χ0) is 44.3. The molecule has 13 rings (SSSR count). The molecule has 1 saturated carbocycles. The fourth-order valence-electron chi connectivity index (χ4n) is 11.4. The predicted octanol–water partition coefficient (Wildman–Crippen LogP) is 18.4. The highest BCUT2D eigenvalue weighted by molar-refractivity contribution is 6.16. The minimum Gasteiger partial charge on any atom is -0.456 e. The van der Waals surface area contributed by atoms with Gasteiger partial charge >= 0.3 is 0 Å². The summed E-state index contributed by atoms with van der Waals surface area (Å²) in [7, 11) is 0. The minimum atomic E-state index is 0.568. The number of hydrogen-bond donors (Lipinski definition) is 0. The van der Waals surface area contributed by atoms with Crippen LogP contribution in [0.15, 0.2) is 229 Å². The molecule has 0 unspecified atom stereocenters. The van der Waals surface area contributed by atoms with Gasteiger partial charge in [-0.2, -0.15) is 0 Å². The molecule has 12 aromatic rings. The zero-order valence-electron chi connectivity index (χ0n) is 37.3. The average Bonchev–Trinajstić information content (AvgIpc) is 3.96. The van der Waals surface area contributed by atoms with Crippen molar-refractivity contribution in [3.8, 4) is 39.1 Å². The molecule has 3 nitrogen and oxygen atoms in total. The maximum absolute atomic E-state index is 6.39. The van der Waals surface area contributed by atoms with Crippen LogP contribution in [0.3, 0.4) is 0 Å². The van der Waals surface area contributed by atoms with Gasteiger partial charge in [-0.25, -0.2) is 0 Å². The van der Waals surface area contributed by atoms with E-state index in [4.69, 9.17) is 4.42 Å². The van der Waals surface area contributed by atoms with E-state index in [1.165, 1.54) is 92.5 Å². The lowest BCUT2D eigenvalue weighted by Gasteiger charge is -2.29. The molecule has 0 bridgehead atoms. The number of fused-ring (bicyclic) bond motifs is 7. The Balaban J connectivity index is 1.01. The summed E-state index contributed by atoms with van der Waals surface area (Å²) in [5, 5.41) is 7.46. The molecule has 0 amide bonds. The van der Waals surface area contributed by atoms with Crippen molar-refractivity contribution in [1.82, 2.24) is 4.57 Å². The Morgan fingerprint density at radius 2 is 1.04 bits per heavy atom. The summed E-state index contributed by atoms with van der Waals surface area (Å²) in [6, 6.07) is 82.3. The Morgan fingerprint density at radius 1 is 0.403 bits per heavy atom. The number of hydrogen-bond acceptors (Lipinski definition) is 2. The summed E-state index contributed by atoms with van der Waals surface area (Å²) < 4.78 is 8.79. The van der Waals surface area contributed by atoms with Gasteiger partial charge in [-0.05, 0) is 130 Å². The molecular formula is C64H48N2O. The van der Waals surface area contributed by atoms with Crippen molar-refractivity contribution in [2.45, 2.75) is 38.0 Å². The van der Waals surface area contributed by atoms with Crippen molar-refractivity contribution in [3.63, 3.8) is 0 Å². The van der Waals surface area contributed by atoms with Crippen LogP contribution in [0.5, 0.6) is 0 Å². The van der Waals surface area contributed by atoms with Gasteiger partial charge in [-0.15, -0.1) is 0 Å². The summed E-state index contributed by atoms with van der Waals surface area (Å²) in [5.74, 6) is 0.568. The Hall–Kier alpha value is -8.14. The van der Waals surface area contributed by atoms with Gasteiger partial charge in [0.2, 0.25) is 0 Å². The zero-order valence-corrected chi connectivity index (χ0v) is 37.3. The third kappa shape index (κ3) is 6.64. The lowest BCUT2D eigenvalue weighted by molar-refractivity contribution is 0.445. The summed E-state index contributed by atoms with van der Waals surface area (Å²) in [4.78, 5) is 2.47. The molecule has 0 atom stereocenters. The maximum Gasteiger partial charge on any atom is 0.136 e. The molecule has 1 aliphatic rings. The van der Waals surface area contributed by atoms with Gasteiger partial charge in [-0.1, -0.05) is 177 Å². The highest BCUT2D eigenvalue weighted by Crippen LogP contribution is 2.48. The van der Waals surface area contributed by atoms with Crippen molar-refractivity contribution < 1.29 is 4.42 Å². The van der Waals surface area contributed by atoms with Crippen LogP contribution in [0.2, 0.25) is 0 Å². The molecule has 10 aromatic carbocycles. The van der Waals surface area contributed by atoms with Crippen molar-refractivity contribution >= 4 is 71.6 Å². The number of rotatable bonds is 8. The third-order valence-electron chi connectivity index (χ3n) is 14.4. The van der Waals surface area contributed by atoms with Gasteiger partial charge in [0.25, 0.3) is 0 Å². The summed E-state index contributed by atoms with van der Waals surface area (Å²) in [6.07, 6.45) is 6.43. The Morgan fingerprint density at radius 3 is 1.91 bits per heavy atom. The van der Waals surface area contributed by atoms with E-state index in [1.54, 1.807) is 0 Å². The molecule has 0 N–H and O–H groups in total. The highest BCUT2D eigenvalue weighted by atomic mass is 16.3. The summed E-state index contributed by atoms with van der Waals surface area (Å²) in [5.41, 5.74) is 17.3. The molecule has 0 aliphatic heterocycles. The second-order valence-electron chi connectivity index (χ2n) is 18.2. The third-order valence-corrected chi connectivity index (χ3v) is 14.4. The quantitative estimate of drug-likeness (QED) is 0.152. The molecule has 0 saturated heterocycles. The lowest BCUT2D eigenvalue weighted by atomic mass is 9.80. The molecule has 320 valence electrons. The molecule has 0 spiro atoms. The van der Waals surface area contributed by atoms with Crippen molar-refractivity contribution in [3.05, 3.63) is 230 Å². The monoisotopic (exact) mass is 860 g/mol. The smallest absolute Gasteiger partial charge is 0.136 e. The standard InChI is InChI=1S/C64H48N2O/c1-3-18-43(19-4-1)50-29-14-20-45-21-15-32-54(62(45)50)53-26-7-10-33-57(53)65(49-25-13-22-46(42-49)52-31-17-37-61-64(52)56-28-9-12-36-60(56)67-61)48-40-38-44(39-41-48)51-30-16-35-59-63(51)55-27-8-11-34-58(55)66(59)47-23-5-2-6-24-47/h2,5-17,20-43H,1,3-4,18-19H2. The second kappa shape index (κ2) is 16.4. The second-order valence-corrected chi connectivity index (χ2v) is 18.2. The predicted molar refractivity (Wildman–Crippen MR) is 282 cm³/mol. The van der Waals surface area contributed by atoms with Gasteiger partial charge in [0.15, 0.2) is 0 Å². The number of benzene rings is 10. The normalized spacial score (nSPS) is 13.3. The van der Waals surface area contributed by atoms with Crippen LogP contribution in [0.4, 0.5) is 17.1 Å². The first-order chi connectivity index (χ1) is 33.3. The van der Waals surface area contributed by atoms with E-state index in [1.807, 2.05) is 6.07 Å². The fraction of sp³-hybridized carbons (Fsp3) is 0.0938. The number of furan rings is 1. The molecule has 67 heavy (non-hydrogen) atoms. The van der Waals surface area contributed by atoms with Gasteiger partial charge in [0.1, 0.15) is 11.2 Å². The van der Waals surface area contributed by atoms with Crippen LogP contribution < -0.4 is 4.90 Å². The first-order valence-corrected chi connectivity index (χ1v) is 23.9. The minimum absolute atomic E-state index is 0.568. The number of nitrogens with zero attached hydrogens (tertiary/aromatic N) is 2. The van der Waals surface area contributed by atoms with Crippen LogP contribution in [-0.4, -0.2) is 4.57 Å². The SMILES string of the molecule is c1ccc(-n2c3ccccc3c3c(-c4ccc(N(c5cccc(-c6cccc7oc8ccccc8c67)c5)c5ccccc5-c5cccc6cccc(C7CCCCC7)c56)cc4)cccc32)cc1. The van der Waals surface area contributed by atoms with Crippen LogP contribution >= 0.6 is 0 Å². The molecular weight excluding hydrogens is 813 g/mol. The maximum atomic E-state index is 6.39. The van der Waals surface area contributed by atoms with E-state index >= 15 is 0 Å². The topological polar surface area (TPSA) is 21.3 Å². The average molecular weight is 861 g/mol. The van der Waals surface area contributed by atoms with Crippen molar-refractivity contribution in [2.24, 2.45) is 0 Å². The van der Waals surface area contributed by atoms with E-state index in [-0.39, 0.29) is 0 Å².